The van der Waals surface area contributed by atoms with E-state index in [1.54, 1.807) is 0 Å². The second kappa shape index (κ2) is 4.71. The summed E-state index contributed by atoms with van der Waals surface area (Å²) in [7, 11) is 0. The molecule has 4 rings (SSSR count). The fourth-order valence-electron chi connectivity index (χ4n) is 3.49. The summed E-state index contributed by atoms with van der Waals surface area (Å²) in [6.45, 7) is 8.73. The maximum atomic E-state index is 4.40. The van der Waals surface area contributed by atoms with Gasteiger partial charge in [-0.15, -0.1) is 0 Å². The van der Waals surface area contributed by atoms with Crippen LogP contribution in [0.2, 0.25) is 0 Å². The van der Waals surface area contributed by atoms with Crippen molar-refractivity contribution < 1.29 is 0 Å². The van der Waals surface area contributed by atoms with Gasteiger partial charge in [-0.1, -0.05) is 72.8 Å². The van der Waals surface area contributed by atoms with Crippen LogP contribution in [-0.4, -0.2) is 0 Å². The Morgan fingerprint density at radius 1 is 0.773 bits per heavy atom. The molecule has 0 saturated heterocycles. The summed E-state index contributed by atoms with van der Waals surface area (Å²) in [6, 6.07) is 21.7. The molecule has 0 saturated carbocycles. The van der Waals surface area contributed by atoms with Crippen molar-refractivity contribution >= 4 is 27.5 Å². The highest BCUT2D eigenvalue weighted by Gasteiger charge is 2.23. The number of benzene rings is 3. The fourth-order valence-corrected chi connectivity index (χ4v) is 3.49. The third kappa shape index (κ3) is 1.77. The molecule has 3 aromatic rings. The summed E-state index contributed by atoms with van der Waals surface area (Å²) in [5, 5.41) is 2.67. The van der Waals surface area contributed by atoms with E-state index in [4.69, 9.17) is 0 Å². The predicted octanol–water partition coefficient (Wildman–Crippen LogP) is 6.11. The lowest BCUT2D eigenvalue weighted by molar-refractivity contribution is 1.46. The Morgan fingerprint density at radius 2 is 1.41 bits per heavy atom. The van der Waals surface area contributed by atoms with E-state index in [0.29, 0.717) is 0 Å². The average Bonchev–Trinajstić information content (AvgIpc) is 2.83. The van der Waals surface area contributed by atoms with E-state index in [2.05, 4.69) is 81.1 Å². The second-order valence-electron chi connectivity index (χ2n) is 6.05. The van der Waals surface area contributed by atoms with Crippen LogP contribution in [0.15, 0.2) is 67.2 Å². The minimum Gasteiger partial charge on any atom is -0.0905 e. The van der Waals surface area contributed by atoms with E-state index >= 15 is 0 Å². The van der Waals surface area contributed by atoms with Gasteiger partial charge in [-0.3, -0.25) is 0 Å². The van der Waals surface area contributed by atoms with E-state index in [-0.39, 0.29) is 0 Å². The molecule has 0 heteroatoms. The quantitative estimate of drug-likeness (QED) is 0.532. The summed E-state index contributed by atoms with van der Waals surface area (Å²) in [6.07, 6.45) is 0. The van der Waals surface area contributed by atoms with Crippen molar-refractivity contribution in [3.8, 4) is 0 Å². The van der Waals surface area contributed by atoms with Crippen LogP contribution in [0.25, 0.3) is 27.5 Å². The van der Waals surface area contributed by atoms with Gasteiger partial charge in [0, 0.05) is 0 Å². The molecule has 0 atom stereocenters. The zero-order valence-electron chi connectivity index (χ0n) is 13.0. The first kappa shape index (κ1) is 13.1. The van der Waals surface area contributed by atoms with E-state index in [1.807, 2.05) is 0 Å². The Labute approximate surface area is 131 Å². The maximum Gasteiger partial charge on any atom is -0.00296 e. The Hall–Kier alpha value is -2.60. The SMILES string of the molecule is C=C(C1=C(C)c2cccc3cccc1c23)c1ccc(C)cc1. The van der Waals surface area contributed by atoms with Crippen LogP contribution in [0.1, 0.15) is 29.2 Å². The van der Waals surface area contributed by atoms with Gasteiger partial charge in [0.25, 0.3) is 0 Å². The van der Waals surface area contributed by atoms with Crippen molar-refractivity contribution in [2.75, 3.05) is 0 Å². The van der Waals surface area contributed by atoms with Gasteiger partial charge >= 0.3 is 0 Å². The Morgan fingerprint density at radius 3 is 2.09 bits per heavy atom. The van der Waals surface area contributed by atoms with Crippen LogP contribution in [0, 0.1) is 6.92 Å². The average molecular weight is 282 g/mol. The van der Waals surface area contributed by atoms with Gasteiger partial charge < -0.3 is 0 Å². The first-order valence-electron chi connectivity index (χ1n) is 7.66. The molecule has 0 aromatic heterocycles. The zero-order valence-corrected chi connectivity index (χ0v) is 13.0. The largest absolute Gasteiger partial charge is 0.0905 e. The molecule has 106 valence electrons. The molecule has 0 fully saturated rings. The van der Waals surface area contributed by atoms with Gasteiger partial charge in [0.1, 0.15) is 0 Å². The third-order valence-electron chi connectivity index (χ3n) is 4.65. The second-order valence-corrected chi connectivity index (χ2v) is 6.05. The number of rotatable bonds is 2. The number of hydrogen-bond acceptors (Lipinski definition) is 0. The van der Waals surface area contributed by atoms with E-state index in [0.717, 1.165) is 5.57 Å². The topological polar surface area (TPSA) is 0 Å². The molecular weight excluding hydrogens is 264 g/mol. The Kier molecular flexibility index (Phi) is 2.80. The van der Waals surface area contributed by atoms with E-state index < -0.39 is 0 Å². The van der Waals surface area contributed by atoms with E-state index in [1.165, 1.54) is 44.2 Å². The molecule has 1 aliphatic carbocycles. The highest BCUT2D eigenvalue weighted by atomic mass is 14.3. The van der Waals surface area contributed by atoms with Crippen molar-refractivity contribution in [3.05, 3.63) is 89.5 Å². The van der Waals surface area contributed by atoms with Crippen LogP contribution >= 0.6 is 0 Å². The lowest BCUT2D eigenvalue weighted by atomic mass is 9.92. The highest BCUT2D eigenvalue weighted by Crippen LogP contribution is 2.46. The molecule has 1 aliphatic rings. The van der Waals surface area contributed by atoms with Crippen molar-refractivity contribution in [1.82, 2.24) is 0 Å². The van der Waals surface area contributed by atoms with Gasteiger partial charge in [-0.2, -0.15) is 0 Å². The van der Waals surface area contributed by atoms with Gasteiger partial charge in [0.2, 0.25) is 0 Å². The lowest BCUT2D eigenvalue weighted by Crippen LogP contribution is -1.88. The van der Waals surface area contributed by atoms with Crippen LogP contribution < -0.4 is 0 Å². The van der Waals surface area contributed by atoms with Crippen LogP contribution in [0.5, 0.6) is 0 Å². The summed E-state index contributed by atoms with van der Waals surface area (Å²) >= 11 is 0. The molecule has 0 bridgehead atoms. The molecule has 0 nitrogen and oxygen atoms in total. The summed E-state index contributed by atoms with van der Waals surface area (Å²) in [5.74, 6) is 0. The number of hydrogen-bond donors (Lipinski definition) is 0. The molecule has 0 N–H and O–H groups in total. The molecule has 0 spiro atoms. The summed E-state index contributed by atoms with van der Waals surface area (Å²) in [5.41, 5.74) is 8.87. The molecule has 0 amide bonds. The van der Waals surface area contributed by atoms with Crippen molar-refractivity contribution in [2.45, 2.75) is 13.8 Å². The van der Waals surface area contributed by atoms with Crippen LogP contribution in [-0.2, 0) is 0 Å². The number of aryl methyl sites for hydroxylation is 1. The first-order chi connectivity index (χ1) is 10.7. The van der Waals surface area contributed by atoms with Crippen LogP contribution in [0.3, 0.4) is 0 Å². The van der Waals surface area contributed by atoms with E-state index in [9.17, 15) is 0 Å². The minimum absolute atomic E-state index is 1.11. The molecule has 0 aliphatic heterocycles. The molecule has 0 radical (unpaired) electrons. The Balaban J connectivity index is 1.93. The smallest absolute Gasteiger partial charge is 0.00296 e. The van der Waals surface area contributed by atoms with Gasteiger partial charge in [0.05, 0.1) is 0 Å². The molecule has 0 unspecified atom stereocenters. The van der Waals surface area contributed by atoms with Gasteiger partial charge in [-0.25, -0.2) is 0 Å². The molecular formula is C22H18. The van der Waals surface area contributed by atoms with Crippen molar-refractivity contribution in [2.24, 2.45) is 0 Å². The molecule has 0 heterocycles. The van der Waals surface area contributed by atoms with Crippen LogP contribution in [0.4, 0.5) is 0 Å². The predicted molar refractivity (Wildman–Crippen MR) is 96.6 cm³/mol. The normalized spacial score (nSPS) is 13.0. The number of allylic oxidation sites excluding steroid dienone is 3. The summed E-state index contributed by atoms with van der Waals surface area (Å²) in [4.78, 5) is 0. The lowest BCUT2D eigenvalue weighted by Gasteiger charge is -2.11. The maximum absolute atomic E-state index is 4.40. The Bertz CT molecular complexity index is 932. The highest BCUT2D eigenvalue weighted by molar-refractivity contribution is 6.24. The van der Waals surface area contributed by atoms with Crippen molar-refractivity contribution in [1.29, 1.82) is 0 Å². The summed E-state index contributed by atoms with van der Waals surface area (Å²) < 4.78 is 0. The monoisotopic (exact) mass is 282 g/mol. The molecule has 22 heavy (non-hydrogen) atoms. The first-order valence-corrected chi connectivity index (χ1v) is 7.66. The van der Waals surface area contributed by atoms with Crippen molar-refractivity contribution in [3.63, 3.8) is 0 Å². The standard InChI is InChI=1S/C22H18/c1-14-10-12-17(13-11-14)15(2)21-16(3)19-8-4-6-18-7-5-9-20(21)22(18)19/h4-13H,2H2,1,3H3. The molecule has 3 aromatic carbocycles. The third-order valence-corrected chi connectivity index (χ3v) is 4.65. The zero-order chi connectivity index (χ0) is 15.3. The minimum atomic E-state index is 1.11. The van der Waals surface area contributed by atoms with Gasteiger partial charge in [0.15, 0.2) is 0 Å². The fraction of sp³-hybridized carbons (Fsp3) is 0.0909. The van der Waals surface area contributed by atoms with Gasteiger partial charge in [-0.05, 0) is 58.0 Å².